The van der Waals surface area contributed by atoms with Crippen LogP contribution in [0.3, 0.4) is 0 Å². The van der Waals surface area contributed by atoms with E-state index in [9.17, 15) is 9.59 Å². The molecule has 0 atom stereocenters. The molecule has 0 aromatic carbocycles. The summed E-state index contributed by atoms with van der Waals surface area (Å²) in [5.74, 6) is -1.96. The summed E-state index contributed by atoms with van der Waals surface area (Å²) in [6.45, 7) is 1.71. The molecule has 0 aliphatic carbocycles. The average Bonchev–Trinajstić information content (AvgIpc) is 2.52. The molecule has 0 bridgehead atoms. The van der Waals surface area contributed by atoms with Crippen molar-refractivity contribution >= 4 is 12.1 Å². The lowest BCUT2D eigenvalue weighted by Crippen LogP contribution is -2.20. The van der Waals surface area contributed by atoms with E-state index in [0.29, 0.717) is 4.68 Å². The topological polar surface area (TPSA) is 107 Å². The lowest BCUT2D eigenvalue weighted by atomic mass is 10.6. The Labute approximate surface area is 72.1 Å². The van der Waals surface area contributed by atoms with Crippen molar-refractivity contribution in [2.75, 3.05) is 6.61 Å². The molecular formula is C5H6N4O4. The fourth-order valence-electron chi connectivity index (χ4n) is 0.628. The Kier molecular flexibility index (Phi) is 2.52. The average molecular weight is 186 g/mol. The van der Waals surface area contributed by atoms with Gasteiger partial charge in [0, 0.05) is 0 Å². The van der Waals surface area contributed by atoms with Crippen LogP contribution >= 0.6 is 0 Å². The predicted octanol–water partition coefficient (Wildman–Crippen LogP) is -0.624. The highest BCUT2D eigenvalue weighted by Gasteiger charge is 2.19. The predicted molar refractivity (Wildman–Crippen MR) is 37.2 cm³/mol. The van der Waals surface area contributed by atoms with Crippen LogP contribution in [0.4, 0.5) is 4.79 Å². The van der Waals surface area contributed by atoms with E-state index in [1.807, 2.05) is 0 Å². The molecule has 1 aromatic heterocycles. The van der Waals surface area contributed by atoms with Crippen LogP contribution in [0.15, 0.2) is 0 Å². The summed E-state index contributed by atoms with van der Waals surface area (Å²) < 4.78 is 4.97. The molecule has 1 rings (SSSR count). The molecule has 0 saturated carbocycles. The van der Waals surface area contributed by atoms with Crippen molar-refractivity contribution in [1.29, 1.82) is 0 Å². The second-order valence-electron chi connectivity index (χ2n) is 1.92. The minimum atomic E-state index is -1.39. The van der Waals surface area contributed by atoms with Crippen LogP contribution in [0.5, 0.6) is 0 Å². The third-order valence-electron chi connectivity index (χ3n) is 1.10. The summed E-state index contributed by atoms with van der Waals surface area (Å²) in [4.78, 5) is 21.4. The zero-order valence-corrected chi connectivity index (χ0v) is 6.67. The lowest BCUT2D eigenvalue weighted by Gasteiger charge is -1.99. The van der Waals surface area contributed by atoms with Crippen LogP contribution in [0.25, 0.3) is 0 Å². The molecule has 0 spiro atoms. The highest BCUT2D eigenvalue weighted by molar-refractivity contribution is 5.87. The van der Waals surface area contributed by atoms with Crippen molar-refractivity contribution in [2.24, 2.45) is 0 Å². The second-order valence-corrected chi connectivity index (χ2v) is 1.92. The van der Waals surface area contributed by atoms with E-state index < -0.39 is 17.9 Å². The van der Waals surface area contributed by atoms with Gasteiger partial charge in [0.2, 0.25) is 0 Å². The quantitative estimate of drug-likeness (QED) is 0.613. The van der Waals surface area contributed by atoms with Crippen molar-refractivity contribution in [2.45, 2.75) is 6.92 Å². The molecule has 8 heteroatoms. The maximum Gasteiger partial charge on any atom is 0.438 e. The first-order valence-corrected chi connectivity index (χ1v) is 3.35. The maximum atomic E-state index is 11.0. The number of hydrogen-bond acceptors (Lipinski definition) is 6. The number of carbonyl (C=O) groups is 2. The molecule has 0 unspecified atom stereocenters. The summed E-state index contributed by atoms with van der Waals surface area (Å²) in [5.41, 5.74) is 0. The number of aromatic carboxylic acids is 1. The number of carboxylic acid groups (broad SMARTS) is 1. The van der Waals surface area contributed by atoms with Gasteiger partial charge in [-0.2, -0.15) is 0 Å². The molecule has 0 radical (unpaired) electrons. The third-order valence-corrected chi connectivity index (χ3v) is 1.10. The molecule has 13 heavy (non-hydrogen) atoms. The van der Waals surface area contributed by atoms with Gasteiger partial charge in [0.05, 0.1) is 6.61 Å². The van der Waals surface area contributed by atoms with E-state index in [1.165, 1.54) is 0 Å². The van der Waals surface area contributed by atoms with E-state index in [0.717, 1.165) is 0 Å². The highest BCUT2D eigenvalue weighted by atomic mass is 16.6. The summed E-state index contributed by atoms with van der Waals surface area (Å²) >= 11 is 0. The van der Waals surface area contributed by atoms with Gasteiger partial charge in [-0.1, -0.05) is 0 Å². The maximum absolute atomic E-state index is 11.0. The van der Waals surface area contributed by atoms with Gasteiger partial charge in [-0.15, -0.1) is 9.78 Å². The Morgan fingerprint density at radius 2 is 2.31 bits per heavy atom. The Hall–Kier alpha value is -1.99. The minimum absolute atomic E-state index is 0.123. The van der Waals surface area contributed by atoms with Crippen molar-refractivity contribution in [1.82, 2.24) is 20.2 Å². The molecule has 0 saturated heterocycles. The number of ether oxygens (including phenoxy) is 1. The fourth-order valence-corrected chi connectivity index (χ4v) is 0.628. The van der Waals surface area contributed by atoms with E-state index in [2.05, 4.69) is 20.3 Å². The highest BCUT2D eigenvalue weighted by Crippen LogP contribution is 1.93. The van der Waals surface area contributed by atoms with E-state index in [4.69, 9.17) is 5.11 Å². The van der Waals surface area contributed by atoms with Crippen LogP contribution in [0.2, 0.25) is 0 Å². The number of carboxylic acids is 1. The number of carbonyl (C=O) groups excluding carboxylic acids is 1. The molecule has 70 valence electrons. The summed E-state index contributed by atoms with van der Waals surface area (Å²) in [6.07, 6.45) is -0.912. The lowest BCUT2D eigenvalue weighted by molar-refractivity contribution is 0.0672. The van der Waals surface area contributed by atoms with Crippen molar-refractivity contribution in [3.8, 4) is 0 Å². The second kappa shape index (κ2) is 3.61. The van der Waals surface area contributed by atoms with E-state index in [1.54, 1.807) is 6.92 Å². The van der Waals surface area contributed by atoms with Crippen LogP contribution in [0, 0.1) is 0 Å². The van der Waals surface area contributed by atoms with Gasteiger partial charge in [0.15, 0.2) is 0 Å². The Morgan fingerprint density at radius 1 is 1.62 bits per heavy atom. The third kappa shape index (κ3) is 1.78. The first-order chi connectivity index (χ1) is 6.16. The number of rotatable bonds is 2. The van der Waals surface area contributed by atoms with Crippen LogP contribution in [-0.4, -0.2) is 44.0 Å². The zero-order valence-electron chi connectivity index (χ0n) is 6.67. The SMILES string of the molecule is CCOC(=O)n1nnnc1C(=O)O. The molecule has 0 aliphatic rings. The van der Waals surface area contributed by atoms with Gasteiger partial charge in [-0.25, -0.2) is 9.59 Å². The molecule has 8 nitrogen and oxygen atoms in total. The standard InChI is InChI=1S/C5H6N4O4/c1-2-13-5(12)9-3(4(10)11)6-7-8-9/h2H2,1H3,(H,10,11). The first-order valence-electron chi connectivity index (χ1n) is 3.35. The van der Waals surface area contributed by atoms with Gasteiger partial charge >= 0.3 is 12.1 Å². The van der Waals surface area contributed by atoms with Gasteiger partial charge in [0.25, 0.3) is 5.82 Å². The Bertz CT molecular complexity index is 333. The largest absolute Gasteiger partial charge is 0.475 e. The minimum Gasteiger partial charge on any atom is -0.475 e. The van der Waals surface area contributed by atoms with E-state index >= 15 is 0 Å². The van der Waals surface area contributed by atoms with Gasteiger partial charge < -0.3 is 9.84 Å². The van der Waals surface area contributed by atoms with Gasteiger partial charge in [0.1, 0.15) is 0 Å². The number of tetrazole rings is 1. The summed E-state index contributed by atoms with van der Waals surface area (Å²) in [6, 6.07) is 0. The smallest absolute Gasteiger partial charge is 0.438 e. The monoisotopic (exact) mass is 186 g/mol. The zero-order chi connectivity index (χ0) is 9.84. The molecule has 0 fully saturated rings. The van der Waals surface area contributed by atoms with Gasteiger partial charge in [-0.05, 0) is 17.4 Å². The van der Waals surface area contributed by atoms with Crippen molar-refractivity contribution in [3.63, 3.8) is 0 Å². The van der Waals surface area contributed by atoms with E-state index in [-0.39, 0.29) is 6.61 Å². The Morgan fingerprint density at radius 3 is 2.85 bits per heavy atom. The van der Waals surface area contributed by atoms with Crippen molar-refractivity contribution < 1.29 is 19.4 Å². The summed E-state index contributed by atoms with van der Waals surface area (Å²) in [7, 11) is 0. The van der Waals surface area contributed by atoms with Gasteiger partial charge in [-0.3, -0.25) is 0 Å². The van der Waals surface area contributed by atoms with Crippen LogP contribution in [-0.2, 0) is 4.74 Å². The molecule has 0 amide bonds. The molecule has 1 aromatic rings. The Balaban J connectivity index is 2.93. The van der Waals surface area contributed by atoms with Crippen LogP contribution in [0.1, 0.15) is 17.5 Å². The normalized spacial score (nSPS) is 9.62. The van der Waals surface area contributed by atoms with Crippen LogP contribution < -0.4 is 0 Å². The fraction of sp³-hybridized carbons (Fsp3) is 0.400. The number of nitrogens with zero attached hydrogens (tertiary/aromatic N) is 4. The number of aromatic nitrogens is 4. The molecule has 0 aliphatic heterocycles. The molecule has 1 N–H and O–H groups in total. The molecular weight excluding hydrogens is 180 g/mol. The first kappa shape index (κ1) is 9.10. The number of hydrogen-bond donors (Lipinski definition) is 1. The summed E-state index contributed by atoms with van der Waals surface area (Å²) in [5, 5.41) is 17.8. The molecule has 1 heterocycles. The van der Waals surface area contributed by atoms with Crippen molar-refractivity contribution in [3.05, 3.63) is 5.82 Å².